The number of benzene rings is 2. The number of nitrogens with zero attached hydrogens (tertiary/aromatic N) is 5. The minimum Gasteiger partial charge on any atom is -0.494 e. The van der Waals surface area contributed by atoms with Crippen molar-refractivity contribution >= 4 is 61.1 Å². The first-order chi connectivity index (χ1) is 18.6. The van der Waals surface area contributed by atoms with Gasteiger partial charge < -0.3 is 19.3 Å². The van der Waals surface area contributed by atoms with Gasteiger partial charge in [0, 0.05) is 44.8 Å². The maximum absolute atomic E-state index is 13.6. The van der Waals surface area contributed by atoms with Gasteiger partial charge in [-0.25, -0.2) is 18.2 Å². The van der Waals surface area contributed by atoms with E-state index in [4.69, 9.17) is 14.5 Å². The zero-order valence-electron chi connectivity index (χ0n) is 22.9. The topological polar surface area (TPSA) is 113 Å². The number of rotatable bonds is 9. The smallest absolute Gasteiger partial charge is 0.409 e. The quantitative estimate of drug-likeness (QED) is 0.362. The molecule has 1 saturated heterocycles. The van der Waals surface area contributed by atoms with Gasteiger partial charge in [0.1, 0.15) is 11.3 Å². The lowest BCUT2D eigenvalue weighted by molar-refractivity contribution is 0.0933. The Labute approximate surface area is 244 Å². The number of para-hydroxylation sites is 1. The summed E-state index contributed by atoms with van der Waals surface area (Å²) < 4.78 is 39.1. The summed E-state index contributed by atoms with van der Waals surface area (Å²) >= 11 is 1.40. The molecule has 2 aromatic carbocycles. The molecule has 14 heteroatoms. The number of piperazine rings is 1. The molecule has 0 aliphatic carbocycles. The van der Waals surface area contributed by atoms with Crippen LogP contribution >= 0.6 is 23.7 Å². The van der Waals surface area contributed by atoms with Crippen molar-refractivity contribution in [2.45, 2.75) is 11.8 Å². The van der Waals surface area contributed by atoms with E-state index in [1.54, 1.807) is 18.9 Å². The first-order valence-corrected chi connectivity index (χ1v) is 14.8. The number of carbonyl (C=O) groups excluding carboxylic acids is 2. The Kier molecular flexibility index (Phi) is 10.7. The summed E-state index contributed by atoms with van der Waals surface area (Å²) in [5.41, 5.74) is 1.04. The van der Waals surface area contributed by atoms with E-state index in [-0.39, 0.29) is 56.0 Å². The molecule has 3 aromatic rings. The predicted octanol–water partition coefficient (Wildman–Crippen LogP) is 3.40. The van der Waals surface area contributed by atoms with Gasteiger partial charge >= 0.3 is 6.09 Å². The number of sulfonamides is 1. The fourth-order valence-electron chi connectivity index (χ4n) is 4.18. The highest BCUT2D eigenvalue weighted by molar-refractivity contribution is 7.89. The first kappa shape index (κ1) is 31.6. The van der Waals surface area contributed by atoms with Crippen molar-refractivity contribution in [3.63, 3.8) is 0 Å². The van der Waals surface area contributed by atoms with E-state index in [2.05, 4.69) is 0 Å². The molecular weight excluding hydrogens is 578 g/mol. The van der Waals surface area contributed by atoms with Crippen LogP contribution in [0.3, 0.4) is 0 Å². The summed E-state index contributed by atoms with van der Waals surface area (Å²) in [5.74, 6) is 0.356. The second-order valence-corrected chi connectivity index (χ2v) is 12.1. The number of thiazole rings is 1. The lowest BCUT2D eigenvalue weighted by atomic mass is 10.2. The van der Waals surface area contributed by atoms with Gasteiger partial charge in [-0.05, 0) is 57.4 Å². The molecule has 40 heavy (non-hydrogen) atoms. The van der Waals surface area contributed by atoms with Crippen LogP contribution in [0.4, 0.5) is 9.93 Å². The van der Waals surface area contributed by atoms with Crippen molar-refractivity contribution in [3.8, 4) is 5.75 Å². The number of amides is 2. The third-order valence-corrected chi connectivity index (χ3v) is 9.30. The van der Waals surface area contributed by atoms with E-state index in [0.717, 1.165) is 4.70 Å². The van der Waals surface area contributed by atoms with Gasteiger partial charge in [0.2, 0.25) is 10.0 Å². The van der Waals surface area contributed by atoms with Crippen molar-refractivity contribution in [2.75, 3.05) is 72.0 Å². The molecule has 0 saturated carbocycles. The molecule has 0 atom stereocenters. The molecule has 0 spiro atoms. The fourth-order valence-corrected chi connectivity index (χ4v) is 6.61. The van der Waals surface area contributed by atoms with Crippen molar-refractivity contribution < 1.29 is 27.5 Å². The van der Waals surface area contributed by atoms with Crippen LogP contribution in [0.15, 0.2) is 47.4 Å². The van der Waals surface area contributed by atoms with E-state index in [1.165, 1.54) is 44.8 Å². The highest BCUT2D eigenvalue weighted by atomic mass is 35.5. The standard InChI is InChI=1S/C26H33N5O6S2.ClH/c1-5-37-26(33)29-14-16-30(17-15-29)39(34,35)20-11-9-19(10-12-20)24(32)31(18-13-28(2)3)25-27-23-21(36-4)7-6-8-22(23)38-25;/h6-12H,5,13-18H2,1-4H3;1H. The summed E-state index contributed by atoms with van der Waals surface area (Å²) in [5, 5.41) is 0.539. The molecule has 0 unspecified atom stereocenters. The molecule has 2 amide bonds. The molecule has 2 heterocycles. The number of methoxy groups -OCH3 is 1. The Bertz CT molecular complexity index is 1420. The summed E-state index contributed by atoms with van der Waals surface area (Å²) in [6.45, 7) is 3.85. The maximum Gasteiger partial charge on any atom is 0.409 e. The number of fused-ring (bicyclic) bond motifs is 1. The van der Waals surface area contributed by atoms with Crippen LogP contribution < -0.4 is 9.64 Å². The van der Waals surface area contributed by atoms with E-state index >= 15 is 0 Å². The lowest BCUT2D eigenvalue weighted by Crippen LogP contribution is -2.50. The van der Waals surface area contributed by atoms with Gasteiger partial charge in [0.15, 0.2) is 5.13 Å². The Hall–Kier alpha value is -2.97. The Morgan fingerprint density at radius 1 is 1.02 bits per heavy atom. The largest absolute Gasteiger partial charge is 0.494 e. The van der Waals surface area contributed by atoms with E-state index < -0.39 is 16.1 Å². The molecule has 0 bridgehead atoms. The normalized spacial score (nSPS) is 14.2. The third kappa shape index (κ3) is 6.84. The fraction of sp³-hybridized carbons (Fsp3) is 0.423. The number of hydrogen-bond donors (Lipinski definition) is 0. The van der Waals surface area contributed by atoms with E-state index in [9.17, 15) is 18.0 Å². The lowest BCUT2D eigenvalue weighted by Gasteiger charge is -2.33. The Morgan fingerprint density at radius 2 is 1.70 bits per heavy atom. The summed E-state index contributed by atoms with van der Waals surface area (Å²) in [6.07, 6.45) is -0.442. The van der Waals surface area contributed by atoms with Gasteiger partial charge in [0.05, 0.1) is 23.3 Å². The monoisotopic (exact) mass is 611 g/mol. The summed E-state index contributed by atoms with van der Waals surface area (Å²) in [6, 6.07) is 11.6. The molecular formula is C26H34ClN5O6S2. The summed E-state index contributed by atoms with van der Waals surface area (Å²) in [7, 11) is 1.65. The summed E-state index contributed by atoms with van der Waals surface area (Å²) in [4.78, 5) is 35.5. The van der Waals surface area contributed by atoms with Crippen LogP contribution in [0, 0.1) is 0 Å². The predicted molar refractivity (Wildman–Crippen MR) is 157 cm³/mol. The maximum atomic E-state index is 13.6. The Balaban J connectivity index is 0.00000441. The van der Waals surface area contributed by atoms with Gasteiger partial charge in [0.25, 0.3) is 5.91 Å². The van der Waals surface area contributed by atoms with Gasteiger partial charge in [-0.3, -0.25) is 9.69 Å². The van der Waals surface area contributed by atoms with Gasteiger partial charge in [-0.1, -0.05) is 17.4 Å². The molecule has 0 radical (unpaired) electrons. The molecule has 4 rings (SSSR count). The number of aromatic nitrogens is 1. The highest BCUT2D eigenvalue weighted by Gasteiger charge is 2.31. The average Bonchev–Trinajstić information content (AvgIpc) is 3.37. The number of anilines is 1. The number of ether oxygens (including phenoxy) is 2. The van der Waals surface area contributed by atoms with E-state index in [0.29, 0.717) is 35.1 Å². The number of halogens is 1. The zero-order valence-corrected chi connectivity index (χ0v) is 25.4. The molecule has 1 fully saturated rings. The number of hydrogen-bond acceptors (Lipinski definition) is 9. The molecule has 1 aliphatic rings. The van der Waals surface area contributed by atoms with Crippen LogP contribution in [-0.2, 0) is 14.8 Å². The van der Waals surface area contributed by atoms with Crippen LogP contribution in [0.2, 0.25) is 0 Å². The van der Waals surface area contributed by atoms with Crippen molar-refractivity contribution in [3.05, 3.63) is 48.0 Å². The SMILES string of the molecule is CCOC(=O)N1CCN(S(=O)(=O)c2ccc(C(=O)N(CCN(C)C)c3nc4c(OC)cccc4s3)cc2)CC1.Cl. The molecule has 0 N–H and O–H groups in total. The second-order valence-electron chi connectivity index (χ2n) is 9.18. The van der Waals surface area contributed by atoms with Crippen LogP contribution in [0.25, 0.3) is 10.2 Å². The van der Waals surface area contributed by atoms with Gasteiger partial charge in [-0.2, -0.15) is 4.31 Å². The zero-order chi connectivity index (χ0) is 28.2. The second kappa shape index (κ2) is 13.6. The molecule has 1 aliphatic heterocycles. The first-order valence-electron chi connectivity index (χ1n) is 12.6. The number of carbonyl (C=O) groups is 2. The van der Waals surface area contributed by atoms with Crippen molar-refractivity contribution in [1.82, 2.24) is 19.1 Å². The van der Waals surface area contributed by atoms with Crippen molar-refractivity contribution in [2.24, 2.45) is 0 Å². The minimum absolute atomic E-state index is 0. The minimum atomic E-state index is -3.79. The molecule has 218 valence electrons. The molecule has 11 nitrogen and oxygen atoms in total. The number of likely N-dealkylation sites (N-methyl/N-ethyl adjacent to an activating group) is 1. The van der Waals surface area contributed by atoms with Crippen LogP contribution in [0.1, 0.15) is 17.3 Å². The van der Waals surface area contributed by atoms with E-state index in [1.807, 2.05) is 37.2 Å². The van der Waals surface area contributed by atoms with Crippen molar-refractivity contribution in [1.29, 1.82) is 0 Å². The molecule has 1 aromatic heterocycles. The average molecular weight is 612 g/mol. The Morgan fingerprint density at radius 3 is 2.30 bits per heavy atom. The van der Waals surface area contributed by atoms with Crippen LogP contribution in [0.5, 0.6) is 5.75 Å². The third-order valence-electron chi connectivity index (χ3n) is 6.34. The van der Waals surface area contributed by atoms with Gasteiger partial charge in [-0.15, -0.1) is 12.4 Å². The van der Waals surface area contributed by atoms with Crippen LogP contribution in [-0.4, -0.2) is 107 Å². The highest BCUT2D eigenvalue weighted by Crippen LogP contribution is 2.34.